The minimum Gasteiger partial charge on any atom is -0.497 e. The molecule has 1 aromatic carbocycles. The van der Waals surface area contributed by atoms with Crippen LogP contribution >= 0.6 is 0 Å². The molecule has 4 rings (SSSR count). The van der Waals surface area contributed by atoms with Crippen molar-refractivity contribution in [1.82, 2.24) is 0 Å². The molecule has 2 aliphatic carbocycles. The van der Waals surface area contributed by atoms with E-state index in [0.717, 1.165) is 5.39 Å². The molecule has 2 aromatic rings. The second-order valence-electron chi connectivity index (χ2n) is 6.04. The number of methoxy groups -OCH3 is 2. The van der Waals surface area contributed by atoms with Gasteiger partial charge in [0.1, 0.15) is 11.3 Å². The molecule has 0 bridgehead atoms. The number of carbonyl (C=O) groups excluding carboxylic acids is 2. The Kier molecular flexibility index (Phi) is 4.12. The lowest BCUT2D eigenvalue weighted by atomic mass is 10.0. The fourth-order valence-corrected chi connectivity index (χ4v) is 3.17. The average Bonchev–Trinajstić information content (AvgIpc) is 3.19. The topological polar surface area (TPSA) is 65.7 Å². The first-order valence-corrected chi connectivity index (χ1v) is 8.34. The molecule has 0 radical (unpaired) electrons. The SMILES string of the molecule is COC(=O)c1cc(C(=O)c2cc3ccc(OC)cc3o2)c2cccccc1-2. The summed E-state index contributed by atoms with van der Waals surface area (Å²) in [6.45, 7) is 0. The van der Waals surface area contributed by atoms with Gasteiger partial charge in [-0.25, -0.2) is 4.79 Å². The van der Waals surface area contributed by atoms with Crippen LogP contribution in [0.15, 0.2) is 65.1 Å². The zero-order chi connectivity index (χ0) is 19.0. The largest absolute Gasteiger partial charge is 0.497 e. The molecule has 0 atom stereocenters. The van der Waals surface area contributed by atoms with E-state index in [1.54, 1.807) is 43.5 Å². The van der Waals surface area contributed by atoms with Gasteiger partial charge < -0.3 is 13.9 Å². The maximum Gasteiger partial charge on any atom is 0.338 e. The van der Waals surface area contributed by atoms with Crippen molar-refractivity contribution in [2.75, 3.05) is 14.2 Å². The molecule has 27 heavy (non-hydrogen) atoms. The molecule has 1 aromatic heterocycles. The van der Waals surface area contributed by atoms with E-state index in [1.807, 2.05) is 24.3 Å². The Bertz CT molecular complexity index is 1140. The van der Waals surface area contributed by atoms with Crippen LogP contribution in [0.2, 0.25) is 0 Å². The third-order valence-electron chi connectivity index (χ3n) is 4.51. The zero-order valence-corrected chi connectivity index (χ0v) is 14.8. The van der Waals surface area contributed by atoms with Crippen LogP contribution in [-0.2, 0) is 4.74 Å². The van der Waals surface area contributed by atoms with E-state index in [9.17, 15) is 9.59 Å². The number of benzene rings is 1. The molecule has 1 heterocycles. The average molecular weight is 360 g/mol. The lowest BCUT2D eigenvalue weighted by Gasteiger charge is -2.00. The monoisotopic (exact) mass is 360 g/mol. The summed E-state index contributed by atoms with van der Waals surface area (Å²) in [6, 6.07) is 17.7. The fraction of sp³-hybridized carbons (Fsp3) is 0.0909. The minimum atomic E-state index is -0.486. The molecule has 134 valence electrons. The molecular formula is C22H16O5. The number of rotatable bonds is 4. The van der Waals surface area contributed by atoms with Gasteiger partial charge in [0.15, 0.2) is 5.76 Å². The van der Waals surface area contributed by atoms with E-state index in [2.05, 4.69) is 0 Å². The molecule has 0 saturated heterocycles. The second-order valence-corrected chi connectivity index (χ2v) is 6.04. The van der Waals surface area contributed by atoms with Crippen molar-refractivity contribution < 1.29 is 23.5 Å². The van der Waals surface area contributed by atoms with Crippen LogP contribution in [0.25, 0.3) is 22.1 Å². The van der Waals surface area contributed by atoms with Crippen LogP contribution < -0.4 is 4.74 Å². The molecule has 0 amide bonds. The van der Waals surface area contributed by atoms with E-state index < -0.39 is 5.97 Å². The molecule has 0 saturated carbocycles. The Morgan fingerprint density at radius 3 is 2.30 bits per heavy atom. The summed E-state index contributed by atoms with van der Waals surface area (Å²) in [5.74, 6) is 0.0683. The van der Waals surface area contributed by atoms with Crippen molar-refractivity contribution in [3.63, 3.8) is 0 Å². The number of furan rings is 1. The van der Waals surface area contributed by atoms with Crippen LogP contribution in [0.1, 0.15) is 26.5 Å². The Hall–Kier alpha value is -3.60. The van der Waals surface area contributed by atoms with Gasteiger partial charge in [0.05, 0.1) is 19.8 Å². The number of esters is 1. The molecule has 0 aliphatic heterocycles. The second kappa shape index (κ2) is 6.61. The molecule has 0 N–H and O–H groups in total. The van der Waals surface area contributed by atoms with Crippen molar-refractivity contribution >= 4 is 22.7 Å². The third kappa shape index (κ3) is 2.83. The maximum absolute atomic E-state index is 13.1. The van der Waals surface area contributed by atoms with Crippen molar-refractivity contribution in [2.24, 2.45) is 0 Å². The highest BCUT2D eigenvalue weighted by atomic mass is 16.5. The lowest BCUT2D eigenvalue weighted by molar-refractivity contribution is 0.0602. The van der Waals surface area contributed by atoms with Crippen LogP contribution in [-0.4, -0.2) is 26.0 Å². The zero-order valence-electron chi connectivity index (χ0n) is 14.8. The standard InChI is InChI=1S/C22H16O5/c1-25-14-9-8-13-10-20(27-19(13)11-14)21(23)17-12-18(22(24)26-2)16-7-5-3-4-6-15(16)17/h3-12H,1-2H3. The maximum atomic E-state index is 13.1. The normalized spacial score (nSPS) is 10.9. The first-order valence-electron chi connectivity index (χ1n) is 8.34. The summed E-state index contributed by atoms with van der Waals surface area (Å²) in [7, 11) is 2.89. The molecule has 0 spiro atoms. The number of ketones is 1. The predicted molar refractivity (Wildman–Crippen MR) is 101 cm³/mol. The van der Waals surface area contributed by atoms with E-state index in [0.29, 0.717) is 33.6 Å². The lowest BCUT2D eigenvalue weighted by Crippen LogP contribution is -2.00. The van der Waals surface area contributed by atoms with Crippen LogP contribution in [0, 0.1) is 0 Å². The summed E-state index contributed by atoms with van der Waals surface area (Å²) < 4.78 is 15.8. The van der Waals surface area contributed by atoms with Gasteiger partial charge in [-0.15, -0.1) is 0 Å². The number of hydrogen-bond acceptors (Lipinski definition) is 5. The van der Waals surface area contributed by atoms with Gasteiger partial charge >= 0.3 is 5.97 Å². The van der Waals surface area contributed by atoms with Crippen molar-refractivity contribution in [2.45, 2.75) is 0 Å². The Morgan fingerprint density at radius 1 is 0.852 bits per heavy atom. The predicted octanol–water partition coefficient (Wildman–Crippen LogP) is 4.56. The van der Waals surface area contributed by atoms with E-state index in [4.69, 9.17) is 13.9 Å². The van der Waals surface area contributed by atoms with Gasteiger partial charge in [-0.1, -0.05) is 30.3 Å². The van der Waals surface area contributed by atoms with Gasteiger partial charge in [-0.2, -0.15) is 0 Å². The summed E-state index contributed by atoms with van der Waals surface area (Å²) in [4.78, 5) is 25.3. The summed E-state index contributed by atoms with van der Waals surface area (Å²) in [5, 5.41) is 0.800. The Balaban J connectivity index is 1.85. The van der Waals surface area contributed by atoms with Crippen molar-refractivity contribution in [3.8, 4) is 16.9 Å². The van der Waals surface area contributed by atoms with Crippen LogP contribution in [0.4, 0.5) is 0 Å². The van der Waals surface area contributed by atoms with Gasteiger partial charge in [0.2, 0.25) is 5.78 Å². The van der Waals surface area contributed by atoms with Gasteiger partial charge in [-0.05, 0) is 35.4 Å². The van der Waals surface area contributed by atoms with E-state index in [1.165, 1.54) is 7.11 Å². The smallest absolute Gasteiger partial charge is 0.338 e. The number of ether oxygens (including phenoxy) is 2. The number of fused-ring (bicyclic) bond motifs is 2. The molecule has 0 unspecified atom stereocenters. The quantitative estimate of drug-likeness (QED) is 0.394. The van der Waals surface area contributed by atoms with Crippen LogP contribution in [0.3, 0.4) is 0 Å². The van der Waals surface area contributed by atoms with E-state index in [-0.39, 0.29) is 11.5 Å². The van der Waals surface area contributed by atoms with Crippen molar-refractivity contribution in [3.05, 3.63) is 77.6 Å². The molecule has 2 aliphatic rings. The third-order valence-corrected chi connectivity index (χ3v) is 4.51. The Labute approximate surface area is 155 Å². The highest BCUT2D eigenvalue weighted by molar-refractivity contribution is 6.16. The summed E-state index contributed by atoms with van der Waals surface area (Å²) in [5.41, 5.74) is 2.64. The summed E-state index contributed by atoms with van der Waals surface area (Å²) in [6.07, 6.45) is 0. The van der Waals surface area contributed by atoms with Crippen LogP contribution in [0.5, 0.6) is 5.75 Å². The fourth-order valence-electron chi connectivity index (χ4n) is 3.17. The highest BCUT2D eigenvalue weighted by Gasteiger charge is 2.26. The number of carbonyl (C=O) groups is 2. The molecular weight excluding hydrogens is 344 g/mol. The first kappa shape index (κ1) is 16.8. The molecule has 5 heteroatoms. The Morgan fingerprint density at radius 2 is 1.59 bits per heavy atom. The van der Waals surface area contributed by atoms with Gasteiger partial charge in [-0.3, -0.25) is 4.79 Å². The van der Waals surface area contributed by atoms with Gasteiger partial charge in [0.25, 0.3) is 0 Å². The first-order chi connectivity index (χ1) is 13.1. The molecule has 0 fully saturated rings. The highest BCUT2D eigenvalue weighted by Crippen LogP contribution is 2.35. The van der Waals surface area contributed by atoms with E-state index >= 15 is 0 Å². The number of hydrogen-bond donors (Lipinski definition) is 0. The van der Waals surface area contributed by atoms with Gasteiger partial charge in [0, 0.05) is 17.0 Å². The molecule has 5 nitrogen and oxygen atoms in total. The van der Waals surface area contributed by atoms with Crippen molar-refractivity contribution in [1.29, 1.82) is 0 Å². The minimum absolute atomic E-state index is 0.202. The summed E-state index contributed by atoms with van der Waals surface area (Å²) >= 11 is 0.